The molecule has 2 atom stereocenters. The summed E-state index contributed by atoms with van der Waals surface area (Å²) in [5, 5.41) is 8.27. The van der Waals surface area contributed by atoms with Crippen LogP contribution in [0.1, 0.15) is 6.92 Å². The number of aliphatic carboxylic acids is 1. The maximum Gasteiger partial charge on any atom is 0.321 e. The fourth-order valence-electron chi connectivity index (χ4n) is 0.391. The van der Waals surface area contributed by atoms with Crippen molar-refractivity contribution in [3.63, 3.8) is 0 Å². The number of hydrogen-bond donors (Lipinski definition) is 3. The zero-order valence-corrected chi connectivity index (χ0v) is 6.80. The van der Waals surface area contributed by atoms with Gasteiger partial charge in [-0.15, -0.1) is 12.4 Å². The Labute approximate surface area is 70.1 Å². The molecule has 0 aliphatic heterocycles. The summed E-state index contributed by atoms with van der Waals surface area (Å²) in [7, 11) is 0. The Hall–Kier alpha value is -0.810. The number of halogens is 1. The predicted molar refractivity (Wildman–Crippen MR) is 41.2 cm³/mol. The second-order valence-corrected chi connectivity index (χ2v) is 2.06. The summed E-state index contributed by atoms with van der Waals surface area (Å²) < 4.78 is 0. The number of carboxylic acids is 1. The molecule has 0 fully saturated rings. The van der Waals surface area contributed by atoms with Crippen LogP contribution in [0.5, 0.6) is 0 Å². The van der Waals surface area contributed by atoms with Crippen LogP contribution in [-0.2, 0) is 9.59 Å². The van der Waals surface area contributed by atoms with Crippen molar-refractivity contribution in [1.29, 1.82) is 0 Å². The minimum Gasteiger partial charge on any atom is -0.480 e. The first-order chi connectivity index (χ1) is 4.46. The highest BCUT2D eigenvalue weighted by molar-refractivity contribution is 5.85. The van der Waals surface area contributed by atoms with E-state index in [1.54, 1.807) is 0 Å². The Kier molecular flexibility index (Phi) is 5.74. The molecule has 1 unspecified atom stereocenters. The van der Waals surface area contributed by atoms with Gasteiger partial charge in [-0.25, -0.2) is 0 Å². The lowest BCUT2D eigenvalue weighted by atomic mass is 10.0. The van der Waals surface area contributed by atoms with E-state index in [1.807, 2.05) is 0 Å². The summed E-state index contributed by atoms with van der Waals surface area (Å²) >= 11 is 0. The van der Waals surface area contributed by atoms with Crippen molar-refractivity contribution in [1.82, 2.24) is 0 Å². The van der Waals surface area contributed by atoms with Gasteiger partial charge in [0, 0.05) is 0 Å². The van der Waals surface area contributed by atoms with Gasteiger partial charge in [0.1, 0.15) is 6.04 Å². The first-order valence-electron chi connectivity index (χ1n) is 2.74. The number of carboxylic acid groups (broad SMARTS) is 1. The first-order valence-corrected chi connectivity index (χ1v) is 2.74. The molecule has 0 bridgehead atoms. The Bertz CT molecular complexity index is 144. The molecule has 11 heavy (non-hydrogen) atoms. The molecule has 0 radical (unpaired) electrons. The number of primary amides is 1. The maximum absolute atomic E-state index is 10.3. The molecule has 0 heterocycles. The van der Waals surface area contributed by atoms with Crippen LogP contribution in [0.25, 0.3) is 0 Å². The van der Waals surface area contributed by atoms with Crippen molar-refractivity contribution in [2.75, 3.05) is 0 Å². The topological polar surface area (TPSA) is 106 Å². The fraction of sp³-hybridized carbons (Fsp3) is 0.600. The molecule has 5 N–H and O–H groups in total. The zero-order valence-electron chi connectivity index (χ0n) is 5.98. The number of hydrogen-bond acceptors (Lipinski definition) is 3. The van der Waals surface area contributed by atoms with Gasteiger partial charge in [0.15, 0.2) is 0 Å². The summed E-state index contributed by atoms with van der Waals surface area (Å²) in [4.78, 5) is 20.4. The van der Waals surface area contributed by atoms with Gasteiger partial charge in [-0.05, 0) is 0 Å². The fourth-order valence-corrected chi connectivity index (χ4v) is 0.391. The van der Waals surface area contributed by atoms with Crippen LogP contribution in [0.3, 0.4) is 0 Å². The van der Waals surface area contributed by atoms with Crippen LogP contribution >= 0.6 is 12.4 Å². The Morgan fingerprint density at radius 2 is 1.82 bits per heavy atom. The van der Waals surface area contributed by atoms with Gasteiger partial charge in [0.2, 0.25) is 5.91 Å². The maximum atomic E-state index is 10.3. The van der Waals surface area contributed by atoms with E-state index >= 15 is 0 Å². The van der Waals surface area contributed by atoms with Gasteiger partial charge in [-0.3, -0.25) is 9.59 Å². The number of rotatable bonds is 3. The molecule has 0 saturated carbocycles. The molecule has 0 spiro atoms. The van der Waals surface area contributed by atoms with E-state index in [4.69, 9.17) is 16.6 Å². The largest absolute Gasteiger partial charge is 0.480 e. The Morgan fingerprint density at radius 1 is 1.45 bits per heavy atom. The van der Waals surface area contributed by atoms with Gasteiger partial charge in [-0.1, -0.05) is 6.92 Å². The molecule has 0 aromatic heterocycles. The molecule has 0 aliphatic rings. The first kappa shape index (κ1) is 12.8. The third-order valence-electron chi connectivity index (χ3n) is 1.27. The van der Waals surface area contributed by atoms with Crippen LogP contribution in [0.2, 0.25) is 0 Å². The van der Waals surface area contributed by atoms with E-state index in [9.17, 15) is 9.59 Å². The molecular weight excluding hydrogens is 172 g/mol. The average molecular weight is 183 g/mol. The smallest absolute Gasteiger partial charge is 0.321 e. The quantitative estimate of drug-likeness (QED) is 0.517. The lowest BCUT2D eigenvalue weighted by Crippen LogP contribution is -2.42. The van der Waals surface area contributed by atoms with E-state index in [0.29, 0.717) is 0 Å². The number of amides is 1. The monoisotopic (exact) mass is 182 g/mol. The van der Waals surface area contributed by atoms with Crippen molar-refractivity contribution in [3.8, 4) is 0 Å². The normalized spacial score (nSPS) is 14.4. The standard InChI is InChI=1S/C5H10N2O3.ClH/c1-2(4(7)8)3(6)5(9)10;/h2-3H,6H2,1H3,(H2,7,8)(H,9,10);1H/t2?,3-;/m0./s1. The second kappa shape index (κ2) is 4.92. The highest BCUT2D eigenvalue weighted by Crippen LogP contribution is 1.98. The summed E-state index contributed by atoms with van der Waals surface area (Å²) in [5.74, 6) is -2.74. The third kappa shape index (κ3) is 3.79. The van der Waals surface area contributed by atoms with Crippen LogP contribution < -0.4 is 11.5 Å². The molecule has 66 valence electrons. The van der Waals surface area contributed by atoms with Gasteiger partial charge < -0.3 is 16.6 Å². The highest BCUT2D eigenvalue weighted by atomic mass is 35.5. The van der Waals surface area contributed by atoms with Crippen molar-refractivity contribution in [2.45, 2.75) is 13.0 Å². The summed E-state index contributed by atoms with van der Waals surface area (Å²) in [5.41, 5.74) is 9.85. The van der Waals surface area contributed by atoms with E-state index in [1.165, 1.54) is 6.92 Å². The zero-order chi connectivity index (χ0) is 8.31. The van der Waals surface area contributed by atoms with Crippen LogP contribution in [0.15, 0.2) is 0 Å². The van der Waals surface area contributed by atoms with Crippen LogP contribution in [0.4, 0.5) is 0 Å². The molecule has 6 heteroatoms. The molecule has 0 rings (SSSR count). The lowest BCUT2D eigenvalue weighted by Gasteiger charge is -2.10. The lowest BCUT2D eigenvalue weighted by molar-refractivity contribution is -0.142. The summed E-state index contributed by atoms with van der Waals surface area (Å²) in [6.45, 7) is 1.38. The number of carbonyl (C=O) groups is 2. The van der Waals surface area contributed by atoms with Gasteiger partial charge >= 0.3 is 5.97 Å². The van der Waals surface area contributed by atoms with Crippen LogP contribution in [-0.4, -0.2) is 23.0 Å². The molecular formula is C5H11ClN2O3. The summed E-state index contributed by atoms with van der Waals surface area (Å²) in [6.07, 6.45) is 0. The van der Waals surface area contributed by atoms with E-state index in [2.05, 4.69) is 0 Å². The Balaban J connectivity index is 0. The third-order valence-corrected chi connectivity index (χ3v) is 1.27. The van der Waals surface area contributed by atoms with Gasteiger partial charge in [0.25, 0.3) is 0 Å². The average Bonchev–Trinajstić information content (AvgIpc) is 1.84. The summed E-state index contributed by atoms with van der Waals surface area (Å²) in [6, 6.07) is -1.20. The van der Waals surface area contributed by atoms with Crippen molar-refractivity contribution in [2.24, 2.45) is 17.4 Å². The Morgan fingerprint density at radius 3 is 1.91 bits per heavy atom. The SMILES string of the molecule is CC(C(N)=O)[C@H](N)C(=O)O.Cl. The molecule has 0 aromatic carbocycles. The van der Waals surface area contributed by atoms with E-state index in [-0.39, 0.29) is 12.4 Å². The van der Waals surface area contributed by atoms with Gasteiger partial charge in [-0.2, -0.15) is 0 Å². The van der Waals surface area contributed by atoms with Crippen LogP contribution in [0, 0.1) is 5.92 Å². The van der Waals surface area contributed by atoms with Gasteiger partial charge in [0.05, 0.1) is 5.92 Å². The van der Waals surface area contributed by atoms with Crippen molar-refractivity contribution < 1.29 is 14.7 Å². The van der Waals surface area contributed by atoms with Crippen molar-refractivity contribution in [3.05, 3.63) is 0 Å². The molecule has 0 aromatic rings. The second-order valence-electron chi connectivity index (χ2n) is 2.06. The molecule has 0 aliphatic carbocycles. The predicted octanol–water partition coefficient (Wildman–Crippen LogP) is -1.06. The van der Waals surface area contributed by atoms with Crippen molar-refractivity contribution >= 4 is 24.3 Å². The minimum atomic E-state index is -1.22. The molecule has 1 amide bonds. The number of nitrogens with two attached hydrogens (primary N) is 2. The van der Waals surface area contributed by atoms with E-state index < -0.39 is 23.8 Å². The number of carbonyl (C=O) groups excluding carboxylic acids is 1. The van der Waals surface area contributed by atoms with E-state index in [0.717, 1.165) is 0 Å². The molecule has 0 saturated heterocycles. The minimum absolute atomic E-state index is 0. The highest BCUT2D eigenvalue weighted by Gasteiger charge is 2.23. The molecule has 5 nitrogen and oxygen atoms in total.